The highest BCUT2D eigenvalue weighted by Crippen LogP contribution is 2.50. The van der Waals surface area contributed by atoms with Gasteiger partial charge in [0.25, 0.3) is 0 Å². The van der Waals surface area contributed by atoms with Crippen LogP contribution in [0.4, 0.5) is 11.4 Å². The SMILES string of the molecule is COc1ccc2c(c1)NC(c1ccc(OC)c(Cl)c1)(C(C(=O)NC1CCCC1)C1CCCCC1)N2. The second kappa shape index (κ2) is 10.2. The van der Waals surface area contributed by atoms with Gasteiger partial charge in [0.2, 0.25) is 5.91 Å². The maximum absolute atomic E-state index is 14.2. The number of ether oxygens (including phenoxy) is 2. The van der Waals surface area contributed by atoms with E-state index in [0.717, 1.165) is 61.2 Å². The second-order valence-corrected chi connectivity index (χ2v) is 10.6. The third-order valence-electron chi connectivity index (χ3n) is 8.07. The Hall–Kier alpha value is -2.60. The molecule has 0 spiro atoms. The molecule has 2 aromatic rings. The third-order valence-corrected chi connectivity index (χ3v) is 8.36. The number of nitrogens with one attached hydrogen (secondary N) is 3. The number of hydrogen-bond donors (Lipinski definition) is 3. The molecule has 3 N–H and O–H groups in total. The molecule has 1 aliphatic heterocycles. The van der Waals surface area contributed by atoms with Gasteiger partial charge in [0.15, 0.2) is 0 Å². The number of carbonyl (C=O) groups is 1. The summed E-state index contributed by atoms with van der Waals surface area (Å²) in [6.07, 6.45) is 10.1. The standard InChI is InChI=1S/C28H36ClN3O3/c1-34-21-13-14-23-24(17-21)32-28(31-23,19-12-15-25(35-2)22(29)16-19)26(18-8-4-3-5-9-18)27(33)30-20-10-6-7-11-20/h12-18,20,26,31-32H,3-11H2,1-2H3,(H,30,33). The average Bonchev–Trinajstić information content (AvgIpc) is 3.52. The van der Waals surface area contributed by atoms with E-state index in [-0.39, 0.29) is 23.8 Å². The van der Waals surface area contributed by atoms with Crippen molar-refractivity contribution in [1.29, 1.82) is 0 Å². The topological polar surface area (TPSA) is 71.6 Å². The van der Waals surface area contributed by atoms with Gasteiger partial charge in [-0.3, -0.25) is 4.79 Å². The summed E-state index contributed by atoms with van der Waals surface area (Å²) in [5.41, 5.74) is 1.96. The van der Waals surface area contributed by atoms with Crippen molar-refractivity contribution in [3.8, 4) is 11.5 Å². The molecule has 2 saturated carbocycles. The van der Waals surface area contributed by atoms with E-state index in [1.54, 1.807) is 14.2 Å². The van der Waals surface area contributed by atoms with Crippen molar-refractivity contribution in [3.05, 3.63) is 47.0 Å². The molecule has 1 amide bonds. The van der Waals surface area contributed by atoms with Gasteiger partial charge in [-0.15, -0.1) is 0 Å². The number of methoxy groups -OCH3 is 2. The molecule has 0 saturated heterocycles. The van der Waals surface area contributed by atoms with Crippen molar-refractivity contribution in [1.82, 2.24) is 5.32 Å². The Kier molecular flexibility index (Phi) is 7.01. The molecule has 2 aromatic carbocycles. The first kappa shape index (κ1) is 24.1. The van der Waals surface area contributed by atoms with Crippen LogP contribution in [0.2, 0.25) is 5.02 Å². The van der Waals surface area contributed by atoms with Crippen LogP contribution >= 0.6 is 11.6 Å². The van der Waals surface area contributed by atoms with Gasteiger partial charge in [-0.25, -0.2) is 0 Å². The highest BCUT2D eigenvalue weighted by molar-refractivity contribution is 6.32. The molecular formula is C28H36ClN3O3. The molecule has 2 unspecified atom stereocenters. The van der Waals surface area contributed by atoms with Crippen LogP contribution in [0.1, 0.15) is 63.4 Å². The molecular weight excluding hydrogens is 462 g/mol. The average molecular weight is 498 g/mol. The number of halogens is 1. The zero-order chi connectivity index (χ0) is 24.4. The fraction of sp³-hybridized carbons (Fsp3) is 0.536. The molecule has 2 aliphatic carbocycles. The summed E-state index contributed by atoms with van der Waals surface area (Å²) < 4.78 is 10.9. The molecule has 7 heteroatoms. The van der Waals surface area contributed by atoms with Crippen LogP contribution in [0.5, 0.6) is 11.5 Å². The van der Waals surface area contributed by atoms with Crippen LogP contribution < -0.4 is 25.4 Å². The van der Waals surface area contributed by atoms with Crippen LogP contribution in [0.15, 0.2) is 36.4 Å². The van der Waals surface area contributed by atoms with Gasteiger partial charge in [-0.05, 0) is 55.9 Å². The minimum absolute atomic E-state index is 0.121. The zero-order valence-electron chi connectivity index (χ0n) is 20.7. The first-order valence-corrected chi connectivity index (χ1v) is 13.3. The van der Waals surface area contributed by atoms with E-state index in [0.29, 0.717) is 10.8 Å². The minimum atomic E-state index is -0.838. The van der Waals surface area contributed by atoms with Crippen molar-refractivity contribution in [2.75, 3.05) is 24.9 Å². The monoisotopic (exact) mass is 497 g/mol. The zero-order valence-corrected chi connectivity index (χ0v) is 21.4. The lowest BCUT2D eigenvalue weighted by molar-refractivity contribution is -0.130. The largest absolute Gasteiger partial charge is 0.497 e. The lowest BCUT2D eigenvalue weighted by Gasteiger charge is -2.43. The Morgan fingerprint density at radius 1 is 0.943 bits per heavy atom. The smallest absolute Gasteiger partial charge is 0.228 e. The predicted octanol–water partition coefficient (Wildman–Crippen LogP) is 6.30. The molecule has 0 bridgehead atoms. The summed E-state index contributed by atoms with van der Waals surface area (Å²) >= 11 is 6.64. The van der Waals surface area contributed by atoms with Crippen molar-refractivity contribution in [2.45, 2.75) is 69.5 Å². The van der Waals surface area contributed by atoms with Crippen molar-refractivity contribution < 1.29 is 14.3 Å². The Balaban J connectivity index is 1.61. The van der Waals surface area contributed by atoms with E-state index in [1.165, 1.54) is 19.3 Å². The molecule has 188 valence electrons. The van der Waals surface area contributed by atoms with Gasteiger partial charge < -0.3 is 25.4 Å². The van der Waals surface area contributed by atoms with Crippen LogP contribution in [0.3, 0.4) is 0 Å². The van der Waals surface area contributed by atoms with Gasteiger partial charge in [0.1, 0.15) is 17.2 Å². The van der Waals surface area contributed by atoms with Gasteiger partial charge >= 0.3 is 0 Å². The number of hydrogen-bond acceptors (Lipinski definition) is 5. The highest BCUT2D eigenvalue weighted by Gasteiger charge is 2.52. The van der Waals surface area contributed by atoms with Crippen LogP contribution in [0.25, 0.3) is 0 Å². The van der Waals surface area contributed by atoms with E-state index in [2.05, 4.69) is 16.0 Å². The molecule has 2 atom stereocenters. The number of carbonyl (C=O) groups excluding carboxylic acids is 1. The Bertz CT molecular complexity index is 1070. The highest BCUT2D eigenvalue weighted by atomic mass is 35.5. The normalized spacial score (nSPS) is 23.2. The van der Waals surface area contributed by atoms with Crippen molar-refractivity contribution >= 4 is 28.9 Å². The third kappa shape index (κ3) is 4.65. The van der Waals surface area contributed by atoms with E-state index >= 15 is 0 Å². The Morgan fingerprint density at radius 3 is 2.34 bits per heavy atom. The number of anilines is 2. The number of amides is 1. The first-order chi connectivity index (χ1) is 17.0. The van der Waals surface area contributed by atoms with Crippen molar-refractivity contribution in [2.24, 2.45) is 11.8 Å². The van der Waals surface area contributed by atoms with Gasteiger partial charge in [-0.2, -0.15) is 0 Å². The van der Waals surface area contributed by atoms with Gasteiger partial charge in [0.05, 0.1) is 36.5 Å². The number of rotatable bonds is 7. The quantitative estimate of drug-likeness (QED) is 0.418. The maximum Gasteiger partial charge on any atom is 0.228 e. The number of fused-ring (bicyclic) bond motifs is 1. The predicted molar refractivity (Wildman–Crippen MR) is 140 cm³/mol. The summed E-state index contributed by atoms with van der Waals surface area (Å²) in [5.74, 6) is 1.45. The van der Waals surface area contributed by atoms with Crippen LogP contribution in [-0.4, -0.2) is 26.2 Å². The molecule has 0 radical (unpaired) electrons. The molecule has 1 heterocycles. The molecule has 35 heavy (non-hydrogen) atoms. The van der Waals surface area contributed by atoms with E-state index in [9.17, 15) is 4.79 Å². The summed E-state index contributed by atoms with van der Waals surface area (Å²) in [4.78, 5) is 14.2. The van der Waals surface area contributed by atoms with E-state index in [4.69, 9.17) is 21.1 Å². The summed E-state index contributed by atoms with van der Waals surface area (Å²) in [6, 6.07) is 12.0. The second-order valence-electron chi connectivity index (χ2n) is 10.2. The molecule has 0 aromatic heterocycles. The molecule has 2 fully saturated rings. The lowest BCUT2D eigenvalue weighted by atomic mass is 9.71. The summed E-state index contributed by atoms with van der Waals surface area (Å²) in [6.45, 7) is 0. The Morgan fingerprint density at radius 2 is 1.66 bits per heavy atom. The Labute approximate surface area is 213 Å². The first-order valence-electron chi connectivity index (χ1n) is 12.9. The minimum Gasteiger partial charge on any atom is -0.497 e. The molecule has 3 aliphatic rings. The lowest BCUT2D eigenvalue weighted by Crippen LogP contribution is -2.56. The molecule has 5 rings (SSSR count). The number of benzene rings is 2. The maximum atomic E-state index is 14.2. The van der Waals surface area contributed by atoms with Crippen LogP contribution in [0, 0.1) is 11.8 Å². The van der Waals surface area contributed by atoms with E-state index in [1.807, 2.05) is 36.4 Å². The van der Waals surface area contributed by atoms with Crippen molar-refractivity contribution in [3.63, 3.8) is 0 Å². The fourth-order valence-corrected chi connectivity index (χ4v) is 6.56. The van der Waals surface area contributed by atoms with Gasteiger partial charge in [0, 0.05) is 17.7 Å². The fourth-order valence-electron chi connectivity index (χ4n) is 6.30. The summed E-state index contributed by atoms with van der Waals surface area (Å²) in [7, 11) is 3.28. The van der Waals surface area contributed by atoms with E-state index < -0.39 is 5.66 Å². The van der Waals surface area contributed by atoms with Crippen LogP contribution in [-0.2, 0) is 10.5 Å². The van der Waals surface area contributed by atoms with Gasteiger partial charge in [-0.1, -0.05) is 49.8 Å². The summed E-state index contributed by atoms with van der Waals surface area (Å²) in [5, 5.41) is 11.5. The molecule has 6 nitrogen and oxygen atoms in total.